The molecule has 6 nitrogen and oxygen atoms in total. The molecule has 0 saturated carbocycles. The highest BCUT2D eigenvalue weighted by Crippen LogP contribution is 2.34. The van der Waals surface area contributed by atoms with E-state index in [9.17, 15) is 22.8 Å². The first-order valence-corrected chi connectivity index (χ1v) is 8.54. The molecule has 0 bridgehead atoms. The first-order chi connectivity index (χ1) is 12.0. The molecule has 0 fully saturated rings. The predicted molar refractivity (Wildman–Crippen MR) is 96.0 cm³/mol. The SMILES string of the molecule is Cc1c(C(F)(F)F)noc1NC(=O)c1cccc(I)c1C(=O)NC(C)C. The lowest BCUT2D eigenvalue weighted by Crippen LogP contribution is -2.32. The molecule has 0 spiro atoms. The molecule has 0 aliphatic heterocycles. The Kier molecular flexibility index (Phi) is 5.94. The summed E-state index contributed by atoms with van der Waals surface area (Å²) >= 11 is 1.91. The van der Waals surface area contributed by atoms with Crippen LogP contribution in [0.15, 0.2) is 22.7 Å². The second-order valence-electron chi connectivity index (χ2n) is 5.73. The summed E-state index contributed by atoms with van der Waals surface area (Å²) in [6.45, 7) is 4.67. The Morgan fingerprint density at radius 1 is 1.23 bits per heavy atom. The van der Waals surface area contributed by atoms with Crippen LogP contribution in [-0.4, -0.2) is 23.0 Å². The second kappa shape index (κ2) is 7.64. The molecule has 0 aliphatic rings. The minimum atomic E-state index is -4.69. The standard InChI is InChI=1S/C16H15F3IN3O3/c1-7(2)21-14(25)11-9(5-4-6-10(11)20)13(24)22-15-8(3)12(23-26-15)16(17,18)19/h4-7H,1-3H3,(H,21,25)(H,22,24). The summed E-state index contributed by atoms with van der Waals surface area (Å²) in [7, 11) is 0. The Hall–Kier alpha value is -2.11. The molecule has 0 atom stereocenters. The number of carbonyl (C=O) groups is 2. The maximum Gasteiger partial charge on any atom is 0.437 e. The van der Waals surface area contributed by atoms with Gasteiger partial charge in [-0.3, -0.25) is 14.9 Å². The average molecular weight is 481 g/mol. The number of nitrogens with one attached hydrogen (secondary N) is 2. The molecule has 2 N–H and O–H groups in total. The van der Waals surface area contributed by atoms with Gasteiger partial charge in [0.25, 0.3) is 11.8 Å². The molecule has 1 aromatic carbocycles. The zero-order valence-electron chi connectivity index (χ0n) is 14.0. The van der Waals surface area contributed by atoms with E-state index < -0.39 is 29.6 Å². The van der Waals surface area contributed by atoms with Crippen molar-refractivity contribution in [2.45, 2.75) is 33.0 Å². The van der Waals surface area contributed by atoms with Gasteiger partial charge in [0, 0.05) is 15.2 Å². The van der Waals surface area contributed by atoms with Gasteiger partial charge in [-0.25, -0.2) is 0 Å². The van der Waals surface area contributed by atoms with Crippen LogP contribution in [0.5, 0.6) is 0 Å². The topological polar surface area (TPSA) is 84.2 Å². The first-order valence-electron chi connectivity index (χ1n) is 7.46. The maximum atomic E-state index is 12.8. The molecule has 0 aliphatic carbocycles. The van der Waals surface area contributed by atoms with Crippen LogP contribution in [0.25, 0.3) is 0 Å². The van der Waals surface area contributed by atoms with Gasteiger partial charge in [0.2, 0.25) is 5.88 Å². The van der Waals surface area contributed by atoms with Crippen molar-refractivity contribution in [3.05, 3.63) is 44.2 Å². The Morgan fingerprint density at radius 3 is 2.42 bits per heavy atom. The van der Waals surface area contributed by atoms with E-state index in [1.54, 1.807) is 26.0 Å². The van der Waals surface area contributed by atoms with Crippen molar-refractivity contribution >= 4 is 40.3 Å². The highest BCUT2D eigenvalue weighted by atomic mass is 127. The third kappa shape index (κ3) is 4.34. The fraction of sp³-hybridized carbons (Fsp3) is 0.312. The largest absolute Gasteiger partial charge is 0.437 e. The average Bonchev–Trinajstić information content (AvgIpc) is 2.87. The van der Waals surface area contributed by atoms with Crippen LogP contribution in [0.3, 0.4) is 0 Å². The minimum Gasteiger partial charge on any atom is -0.350 e. The van der Waals surface area contributed by atoms with Gasteiger partial charge in [-0.05, 0) is 55.5 Å². The molecule has 2 amide bonds. The minimum absolute atomic E-state index is 0.0133. The fourth-order valence-electron chi connectivity index (χ4n) is 2.17. The van der Waals surface area contributed by atoms with Crippen molar-refractivity contribution in [2.24, 2.45) is 0 Å². The quantitative estimate of drug-likeness (QED) is 0.647. The fourth-order valence-corrected chi connectivity index (χ4v) is 2.91. The van der Waals surface area contributed by atoms with Gasteiger partial charge in [0.05, 0.1) is 11.1 Å². The van der Waals surface area contributed by atoms with Gasteiger partial charge in [-0.15, -0.1) is 0 Å². The van der Waals surface area contributed by atoms with Gasteiger partial charge in [-0.1, -0.05) is 11.2 Å². The molecule has 0 unspecified atom stereocenters. The summed E-state index contributed by atoms with van der Waals surface area (Å²) in [6, 6.07) is 4.47. The number of aromatic nitrogens is 1. The molecule has 26 heavy (non-hydrogen) atoms. The summed E-state index contributed by atoms with van der Waals surface area (Å²) < 4.78 is 43.5. The highest BCUT2D eigenvalue weighted by molar-refractivity contribution is 14.1. The normalized spacial score (nSPS) is 11.5. The summed E-state index contributed by atoms with van der Waals surface area (Å²) in [5.74, 6) is -1.65. The number of amides is 2. The van der Waals surface area contributed by atoms with Crippen LogP contribution in [0.2, 0.25) is 0 Å². The summed E-state index contributed by atoms with van der Waals surface area (Å²) in [5.41, 5.74) is -1.41. The third-order valence-corrected chi connectivity index (χ3v) is 4.22. The van der Waals surface area contributed by atoms with Gasteiger partial charge in [-0.2, -0.15) is 13.2 Å². The molecule has 10 heteroatoms. The van der Waals surface area contributed by atoms with Crippen molar-refractivity contribution in [1.29, 1.82) is 0 Å². The van der Waals surface area contributed by atoms with Gasteiger partial charge < -0.3 is 9.84 Å². The third-order valence-electron chi connectivity index (χ3n) is 3.32. The van der Waals surface area contributed by atoms with Gasteiger partial charge >= 0.3 is 6.18 Å². The molecule has 2 rings (SSSR count). The molecule has 2 aromatic rings. The Bertz CT molecular complexity index is 847. The number of rotatable bonds is 4. The van der Waals surface area contributed by atoms with Gasteiger partial charge in [0.15, 0.2) is 5.69 Å². The van der Waals surface area contributed by atoms with Crippen molar-refractivity contribution in [3.63, 3.8) is 0 Å². The number of nitrogens with zero attached hydrogens (tertiary/aromatic N) is 1. The molecule has 1 heterocycles. The van der Waals surface area contributed by atoms with Crippen LogP contribution in [0.4, 0.5) is 19.1 Å². The van der Waals surface area contributed by atoms with E-state index in [1.165, 1.54) is 6.07 Å². The summed E-state index contributed by atoms with van der Waals surface area (Å²) in [4.78, 5) is 24.9. The molecule has 0 radical (unpaired) electrons. The number of alkyl halides is 3. The Labute approximate surface area is 160 Å². The number of benzene rings is 1. The molecular weight excluding hydrogens is 466 g/mol. The van der Waals surface area contributed by atoms with E-state index in [-0.39, 0.29) is 22.7 Å². The second-order valence-corrected chi connectivity index (χ2v) is 6.89. The maximum absolute atomic E-state index is 12.8. The lowest BCUT2D eigenvalue weighted by Gasteiger charge is -2.13. The van der Waals surface area contributed by atoms with Crippen molar-refractivity contribution < 1.29 is 27.3 Å². The smallest absolute Gasteiger partial charge is 0.350 e. The first kappa shape index (κ1) is 20.2. The van der Waals surface area contributed by atoms with E-state index in [4.69, 9.17) is 0 Å². The zero-order valence-corrected chi connectivity index (χ0v) is 16.2. The van der Waals surface area contributed by atoms with E-state index >= 15 is 0 Å². The van der Waals surface area contributed by atoms with Crippen LogP contribution >= 0.6 is 22.6 Å². The highest BCUT2D eigenvalue weighted by Gasteiger charge is 2.38. The molecule has 140 valence electrons. The Morgan fingerprint density at radius 2 is 1.88 bits per heavy atom. The molecule has 1 aromatic heterocycles. The number of anilines is 1. The number of carbonyl (C=O) groups excluding carboxylic acids is 2. The van der Waals surface area contributed by atoms with Crippen molar-refractivity contribution in [1.82, 2.24) is 10.5 Å². The monoisotopic (exact) mass is 481 g/mol. The van der Waals surface area contributed by atoms with E-state index in [1.807, 2.05) is 22.6 Å². The van der Waals surface area contributed by atoms with Crippen LogP contribution in [-0.2, 0) is 6.18 Å². The number of hydrogen-bond acceptors (Lipinski definition) is 4. The lowest BCUT2D eigenvalue weighted by atomic mass is 10.1. The number of halogens is 4. The molecular formula is C16H15F3IN3O3. The van der Waals surface area contributed by atoms with Crippen molar-refractivity contribution in [2.75, 3.05) is 5.32 Å². The lowest BCUT2D eigenvalue weighted by molar-refractivity contribution is -0.143. The Balaban J connectivity index is 2.36. The summed E-state index contributed by atoms with van der Waals surface area (Å²) in [5, 5.41) is 7.88. The van der Waals surface area contributed by atoms with E-state index in [0.29, 0.717) is 3.57 Å². The van der Waals surface area contributed by atoms with Crippen molar-refractivity contribution in [3.8, 4) is 0 Å². The van der Waals surface area contributed by atoms with E-state index in [2.05, 4.69) is 20.3 Å². The predicted octanol–water partition coefficient (Wildman–Crippen LogP) is 4.00. The zero-order chi connectivity index (χ0) is 19.6. The van der Waals surface area contributed by atoms with Gasteiger partial charge in [0.1, 0.15) is 0 Å². The van der Waals surface area contributed by atoms with E-state index in [0.717, 1.165) is 6.92 Å². The van der Waals surface area contributed by atoms with Crippen LogP contribution in [0.1, 0.15) is 45.8 Å². The van der Waals surface area contributed by atoms with Crippen LogP contribution < -0.4 is 10.6 Å². The molecule has 0 saturated heterocycles. The summed E-state index contributed by atoms with van der Waals surface area (Å²) in [6.07, 6.45) is -4.69. The van der Waals surface area contributed by atoms with Crippen LogP contribution in [0, 0.1) is 10.5 Å². The number of hydrogen-bond donors (Lipinski definition) is 2.